The van der Waals surface area contributed by atoms with Gasteiger partial charge in [0, 0.05) is 43.9 Å². The van der Waals surface area contributed by atoms with Crippen LogP contribution in [0.15, 0.2) is 234 Å². The molecule has 0 saturated heterocycles. The van der Waals surface area contributed by atoms with E-state index in [0.717, 1.165) is 56.1 Å². The molecule has 1 N–H and O–H groups in total. The van der Waals surface area contributed by atoms with Crippen molar-refractivity contribution in [3.05, 3.63) is 241 Å². The maximum Gasteiger partial charge on any atom is 0.159 e. The van der Waals surface area contributed by atoms with E-state index in [2.05, 4.69) is 215 Å². The highest BCUT2D eigenvalue weighted by atomic mass is 15.2. The summed E-state index contributed by atoms with van der Waals surface area (Å²) >= 11 is 0. The summed E-state index contributed by atoms with van der Waals surface area (Å²) in [5.74, 6) is 1.49. The number of aromatic nitrogens is 2. The summed E-state index contributed by atoms with van der Waals surface area (Å²) in [5, 5.41) is 8.60. The topological polar surface area (TPSA) is 46.6 Å². The monoisotopic (exact) mass is 793 g/mol. The summed E-state index contributed by atoms with van der Waals surface area (Å²) in [6, 6.07) is 80.1. The molecule has 5 heteroatoms. The summed E-state index contributed by atoms with van der Waals surface area (Å²) in [6.07, 6.45) is -0.400. The Bertz CT molecular complexity index is 3470. The molecule has 0 saturated carbocycles. The lowest BCUT2D eigenvalue weighted by molar-refractivity contribution is 0.674. The minimum atomic E-state index is -0.400. The molecule has 0 spiro atoms. The number of para-hydroxylation sites is 3. The molecule has 11 aromatic rings. The lowest BCUT2D eigenvalue weighted by Gasteiger charge is -2.25. The summed E-state index contributed by atoms with van der Waals surface area (Å²) in [7, 11) is 0. The lowest BCUT2D eigenvalue weighted by atomic mass is 9.98. The Morgan fingerprint density at radius 2 is 0.887 bits per heavy atom. The predicted molar refractivity (Wildman–Crippen MR) is 258 cm³/mol. The number of amidine groups is 2. The first-order chi connectivity index (χ1) is 30.8. The first-order valence-corrected chi connectivity index (χ1v) is 21.1. The molecule has 1 aliphatic heterocycles. The van der Waals surface area contributed by atoms with Crippen molar-refractivity contribution in [2.45, 2.75) is 6.17 Å². The highest BCUT2D eigenvalue weighted by Gasteiger charge is 2.25. The third kappa shape index (κ3) is 5.94. The number of benzene rings is 9. The Morgan fingerprint density at radius 3 is 1.50 bits per heavy atom. The van der Waals surface area contributed by atoms with Crippen LogP contribution >= 0.6 is 0 Å². The molecule has 0 amide bonds. The van der Waals surface area contributed by atoms with E-state index in [-0.39, 0.29) is 0 Å². The number of hydrogen-bond donors (Lipinski definition) is 1. The average Bonchev–Trinajstić information content (AvgIpc) is 3.87. The number of nitrogens with zero attached hydrogens (tertiary/aromatic N) is 4. The van der Waals surface area contributed by atoms with E-state index in [9.17, 15) is 0 Å². The summed E-state index contributed by atoms with van der Waals surface area (Å²) < 4.78 is 4.92. The molecule has 62 heavy (non-hydrogen) atoms. The van der Waals surface area contributed by atoms with E-state index in [0.29, 0.717) is 5.84 Å². The molecule has 0 aliphatic carbocycles. The molecule has 1 aliphatic rings. The second-order valence-corrected chi connectivity index (χ2v) is 15.8. The summed E-state index contributed by atoms with van der Waals surface area (Å²) in [4.78, 5) is 10.4. The molecule has 1 unspecified atom stereocenters. The molecule has 0 bridgehead atoms. The minimum absolute atomic E-state index is 0.400. The van der Waals surface area contributed by atoms with Crippen LogP contribution < -0.4 is 5.32 Å². The van der Waals surface area contributed by atoms with Crippen molar-refractivity contribution in [2.75, 3.05) is 0 Å². The van der Waals surface area contributed by atoms with E-state index in [1.165, 1.54) is 43.7 Å². The van der Waals surface area contributed by atoms with Crippen LogP contribution in [0.5, 0.6) is 0 Å². The Balaban J connectivity index is 1.16. The van der Waals surface area contributed by atoms with Gasteiger partial charge in [0.1, 0.15) is 12.0 Å². The number of aliphatic imine (C=N–C) groups is 2. The van der Waals surface area contributed by atoms with Crippen molar-refractivity contribution in [3.8, 4) is 33.6 Å². The van der Waals surface area contributed by atoms with Crippen molar-refractivity contribution in [1.29, 1.82) is 0 Å². The fourth-order valence-corrected chi connectivity index (χ4v) is 9.36. The molecular weight excluding hydrogens is 755 g/mol. The standard InChI is InChI=1S/C57H39N5/c1-5-19-38(20-6-1)44-34-33-42(57-59-55(40-23-9-3-10-24-40)58-56(60-57)41-25-11-4-12-26-41)35-52(44)62-51-32-18-15-29-47(51)54-48(39-21-7-2-8-22-39)36-43(37-53(54)62)61-49-30-16-13-27-45(49)46-28-14-17-31-50(46)61/h1-37,57H,(H,58,59,60). The van der Waals surface area contributed by atoms with Gasteiger partial charge in [-0.1, -0.05) is 188 Å². The maximum atomic E-state index is 5.31. The molecule has 0 fully saturated rings. The molecule has 9 aromatic carbocycles. The highest BCUT2D eigenvalue weighted by molar-refractivity contribution is 6.18. The van der Waals surface area contributed by atoms with Gasteiger partial charge < -0.3 is 14.5 Å². The Hall–Kier alpha value is -8.28. The van der Waals surface area contributed by atoms with Crippen molar-refractivity contribution in [1.82, 2.24) is 14.5 Å². The number of hydrogen-bond acceptors (Lipinski definition) is 3. The molecule has 2 aromatic heterocycles. The van der Waals surface area contributed by atoms with E-state index >= 15 is 0 Å². The number of rotatable bonds is 7. The molecule has 1 atom stereocenters. The largest absolute Gasteiger partial charge is 0.344 e. The minimum Gasteiger partial charge on any atom is -0.344 e. The predicted octanol–water partition coefficient (Wildman–Crippen LogP) is 13.7. The Kier molecular flexibility index (Phi) is 8.49. The fraction of sp³-hybridized carbons (Fsp3) is 0.0175. The maximum absolute atomic E-state index is 5.31. The van der Waals surface area contributed by atoms with Crippen LogP contribution in [0.3, 0.4) is 0 Å². The number of fused-ring (bicyclic) bond motifs is 6. The quantitative estimate of drug-likeness (QED) is 0.172. The summed E-state index contributed by atoms with van der Waals surface area (Å²) in [5.41, 5.74) is 14.4. The van der Waals surface area contributed by atoms with Gasteiger partial charge in [0.05, 0.1) is 27.8 Å². The third-order valence-corrected chi connectivity index (χ3v) is 12.2. The molecule has 3 heterocycles. The zero-order valence-electron chi connectivity index (χ0n) is 33.7. The first kappa shape index (κ1) is 35.6. The van der Waals surface area contributed by atoms with E-state index < -0.39 is 6.17 Å². The SMILES string of the molecule is c1ccc(C2=NC(c3ccc(-c4ccccc4)c(-n4c5ccccc5c5c(-c6ccccc6)cc(-n6c7ccccc7c7ccccc76)cc54)c3)NC(c3ccccc3)=N2)cc1. The van der Waals surface area contributed by atoms with Gasteiger partial charge in [-0.25, -0.2) is 9.98 Å². The second-order valence-electron chi connectivity index (χ2n) is 15.8. The van der Waals surface area contributed by atoms with E-state index in [1.54, 1.807) is 0 Å². The van der Waals surface area contributed by atoms with E-state index in [4.69, 9.17) is 9.98 Å². The zero-order valence-corrected chi connectivity index (χ0v) is 33.7. The normalized spacial score (nSPS) is 14.0. The van der Waals surface area contributed by atoms with Gasteiger partial charge in [-0.2, -0.15) is 0 Å². The van der Waals surface area contributed by atoms with E-state index in [1.807, 2.05) is 24.3 Å². The molecule has 292 valence electrons. The third-order valence-electron chi connectivity index (χ3n) is 12.2. The highest BCUT2D eigenvalue weighted by Crippen LogP contribution is 2.44. The van der Waals surface area contributed by atoms with Gasteiger partial charge in [0.15, 0.2) is 5.84 Å². The van der Waals surface area contributed by atoms with Crippen molar-refractivity contribution in [2.24, 2.45) is 9.98 Å². The molecule has 12 rings (SSSR count). The molecular formula is C57H39N5. The van der Waals surface area contributed by atoms with Crippen molar-refractivity contribution in [3.63, 3.8) is 0 Å². The van der Waals surface area contributed by atoms with Crippen LogP contribution in [0.4, 0.5) is 0 Å². The Labute approximate surface area is 359 Å². The van der Waals surface area contributed by atoms with Gasteiger partial charge in [-0.15, -0.1) is 0 Å². The molecule has 5 nitrogen and oxygen atoms in total. The van der Waals surface area contributed by atoms with Gasteiger partial charge in [0.25, 0.3) is 0 Å². The van der Waals surface area contributed by atoms with Crippen molar-refractivity contribution < 1.29 is 0 Å². The van der Waals surface area contributed by atoms with Gasteiger partial charge in [-0.3, -0.25) is 0 Å². The Morgan fingerprint density at radius 1 is 0.387 bits per heavy atom. The van der Waals surface area contributed by atoms with Crippen LogP contribution in [0.25, 0.3) is 77.2 Å². The number of nitrogens with one attached hydrogen (secondary N) is 1. The first-order valence-electron chi connectivity index (χ1n) is 21.1. The van der Waals surface area contributed by atoms with Crippen LogP contribution in [0.1, 0.15) is 22.9 Å². The zero-order chi connectivity index (χ0) is 41.0. The van der Waals surface area contributed by atoms with Gasteiger partial charge >= 0.3 is 0 Å². The molecule has 0 radical (unpaired) electrons. The average molecular weight is 794 g/mol. The van der Waals surface area contributed by atoms with Crippen LogP contribution in [0.2, 0.25) is 0 Å². The lowest BCUT2D eigenvalue weighted by Crippen LogP contribution is -2.33. The van der Waals surface area contributed by atoms with Crippen LogP contribution in [-0.2, 0) is 0 Å². The van der Waals surface area contributed by atoms with Gasteiger partial charge in [-0.05, 0) is 58.7 Å². The van der Waals surface area contributed by atoms with Crippen molar-refractivity contribution >= 4 is 55.3 Å². The van der Waals surface area contributed by atoms with Crippen LogP contribution in [0, 0.1) is 0 Å². The summed E-state index contributed by atoms with van der Waals surface area (Å²) in [6.45, 7) is 0. The fourth-order valence-electron chi connectivity index (χ4n) is 9.36. The smallest absolute Gasteiger partial charge is 0.159 e. The van der Waals surface area contributed by atoms with Crippen LogP contribution in [-0.4, -0.2) is 20.8 Å². The second kappa shape index (κ2) is 14.8. The van der Waals surface area contributed by atoms with Gasteiger partial charge in [0.2, 0.25) is 0 Å².